The Morgan fingerprint density at radius 1 is 1.02 bits per heavy atom. The third kappa shape index (κ3) is 17.9. The number of rotatable bonds is 20. The molecule has 2 heterocycles. The van der Waals surface area contributed by atoms with Gasteiger partial charge in [0.25, 0.3) is 5.91 Å². The Labute approximate surface area is 367 Å². The van der Waals surface area contributed by atoms with Crippen molar-refractivity contribution in [3.8, 4) is 0 Å². The first kappa shape index (κ1) is 54.0. The first-order valence-corrected chi connectivity index (χ1v) is 23.1. The van der Waals surface area contributed by atoms with Gasteiger partial charge in [0.2, 0.25) is 17.6 Å². The maximum atomic E-state index is 14.7. The van der Waals surface area contributed by atoms with Gasteiger partial charge in [0, 0.05) is 31.9 Å². The van der Waals surface area contributed by atoms with Gasteiger partial charge in [-0.1, -0.05) is 119 Å². The lowest BCUT2D eigenvalue weighted by atomic mass is 9.86. The number of pyridine rings is 1. The van der Waals surface area contributed by atoms with Gasteiger partial charge in [-0.3, -0.25) is 19.2 Å². The molecule has 5 amide bonds. The normalized spacial score (nSPS) is 18.3. The molecule has 1 aliphatic heterocycles. The molecule has 1 aliphatic carbocycles. The highest BCUT2D eigenvalue weighted by Gasteiger charge is 2.43. The summed E-state index contributed by atoms with van der Waals surface area (Å²) in [5.74, 6) is -2.39. The standard InChI is InChI=1S/C42H65N7O5S.C3H8.C2H6/c1-10-17-28(5)24-32(37(50)39(52)44-21-12-3)45-38(51)33-19-16-23-49(33)40(53)36(31-25-29(13-4)30(26-31)18-11-2)47-41(54)46-34(42(6,7)8)27-48(9)55-35-20-14-15-22-43-35;1-3-2;1-2/h11,13-15,18,20,22,28,31-34,36H,4,10,12,16-17,19,21,23-27H2,1-3,5-9H3,(H,44,52)(H,45,51)(H2,46,47,54);3H2,1-2H3;1-2H3/b18-11-;;. The van der Waals surface area contributed by atoms with Gasteiger partial charge >= 0.3 is 6.03 Å². The van der Waals surface area contributed by atoms with E-state index in [-0.39, 0.29) is 29.2 Å². The highest BCUT2D eigenvalue weighted by molar-refractivity contribution is 7.96. The van der Waals surface area contributed by atoms with Crippen LogP contribution < -0.4 is 21.3 Å². The van der Waals surface area contributed by atoms with Crippen LogP contribution in [0.4, 0.5) is 4.79 Å². The van der Waals surface area contributed by atoms with Gasteiger partial charge in [0.1, 0.15) is 17.1 Å². The Morgan fingerprint density at radius 2 is 1.68 bits per heavy atom. The molecule has 60 heavy (non-hydrogen) atoms. The fraction of sp³-hybridized carbons (Fsp3) is 0.660. The number of hydrogen-bond donors (Lipinski definition) is 4. The third-order valence-corrected chi connectivity index (χ3v) is 11.2. The number of likely N-dealkylation sites (N-methyl/N-ethyl adjacent to an activating group) is 1. The van der Waals surface area contributed by atoms with E-state index >= 15 is 0 Å². The lowest BCUT2D eigenvalue weighted by Gasteiger charge is -2.36. The van der Waals surface area contributed by atoms with E-state index in [9.17, 15) is 24.0 Å². The van der Waals surface area contributed by atoms with Crippen LogP contribution in [0.3, 0.4) is 0 Å². The van der Waals surface area contributed by atoms with Gasteiger partial charge < -0.3 is 26.2 Å². The molecule has 1 fully saturated rings. The molecule has 0 saturated carbocycles. The molecule has 13 heteroatoms. The summed E-state index contributed by atoms with van der Waals surface area (Å²) >= 11 is 1.48. The fourth-order valence-corrected chi connectivity index (χ4v) is 8.11. The van der Waals surface area contributed by atoms with Crippen molar-refractivity contribution in [3.63, 3.8) is 0 Å². The average molecular weight is 854 g/mol. The number of aromatic nitrogens is 1. The van der Waals surface area contributed by atoms with Crippen LogP contribution in [-0.2, 0) is 19.2 Å². The van der Waals surface area contributed by atoms with E-state index in [4.69, 9.17) is 0 Å². The number of Topliss-reactive ketones (excluding diaryl/α,β-unsaturated/α-hetero) is 1. The first-order valence-electron chi connectivity index (χ1n) is 22.3. The number of amides is 5. The molecule has 2 aliphatic rings. The zero-order chi connectivity index (χ0) is 45.4. The molecule has 4 N–H and O–H groups in total. The van der Waals surface area contributed by atoms with Crippen molar-refractivity contribution in [1.82, 2.24) is 35.5 Å². The summed E-state index contributed by atoms with van der Waals surface area (Å²) in [6.07, 6.45) is 13.6. The van der Waals surface area contributed by atoms with E-state index in [1.54, 1.807) is 17.2 Å². The summed E-state index contributed by atoms with van der Waals surface area (Å²) in [5.41, 5.74) is 1.75. The lowest BCUT2D eigenvalue weighted by Crippen LogP contribution is -2.60. The molecule has 0 radical (unpaired) electrons. The first-order chi connectivity index (χ1) is 28.5. The molecular weight excluding hydrogens is 775 g/mol. The summed E-state index contributed by atoms with van der Waals surface area (Å²) in [5, 5.41) is 12.6. The maximum absolute atomic E-state index is 14.7. The lowest BCUT2D eigenvalue weighted by molar-refractivity contribution is -0.143. The van der Waals surface area contributed by atoms with E-state index < -0.39 is 41.8 Å². The molecule has 1 saturated heterocycles. The van der Waals surface area contributed by atoms with Crippen LogP contribution in [-0.4, -0.2) is 94.6 Å². The third-order valence-electron chi connectivity index (χ3n) is 10.3. The minimum Gasteiger partial charge on any atom is -0.349 e. The van der Waals surface area contributed by atoms with Crippen LogP contribution >= 0.6 is 11.9 Å². The van der Waals surface area contributed by atoms with Crippen LogP contribution in [0.25, 0.3) is 0 Å². The zero-order valence-electron chi connectivity index (χ0n) is 39.0. The molecule has 338 valence electrons. The fourth-order valence-electron chi connectivity index (χ4n) is 7.32. The minimum absolute atomic E-state index is 0.0947. The topological polar surface area (TPSA) is 153 Å². The Bertz CT molecular complexity index is 1560. The van der Waals surface area contributed by atoms with E-state index in [0.717, 1.165) is 29.0 Å². The molecule has 6 atom stereocenters. The second-order valence-corrected chi connectivity index (χ2v) is 17.9. The van der Waals surface area contributed by atoms with Crippen LogP contribution in [0.1, 0.15) is 134 Å². The average Bonchev–Trinajstić information content (AvgIpc) is 3.87. The van der Waals surface area contributed by atoms with Crippen LogP contribution in [0, 0.1) is 17.3 Å². The van der Waals surface area contributed by atoms with Crippen LogP contribution in [0.15, 0.2) is 65.4 Å². The summed E-state index contributed by atoms with van der Waals surface area (Å²) < 4.78 is 2.03. The number of urea groups is 1. The Hall–Kier alpha value is -3.97. The van der Waals surface area contributed by atoms with E-state index in [2.05, 4.69) is 74.4 Å². The molecule has 0 aromatic carbocycles. The Morgan fingerprint density at radius 3 is 2.25 bits per heavy atom. The Kier molecular flexibility index (Phi) is 25.7. The van der Waals surface area contributed by atoms with Gasteiger partial charge in [-0.25, -0.2) is 14.1 Å². The van der Waals surface area contributed by atoms with Crippen molar-refractivity contribution < 1.29 is 24.0 Å². The van der Waals surface area contributed by atoms with Crippen molar-refractivity contribution >= 4 is 41.5 Å². The molecule has 1 aromatic rings. The van der Waals surface area contributed by atoms with E-state index in [1.807, 2.05) is 76.3 Å². The van der Waals surface area contributed by atoms with Gasteiger partial charge in [-0.2, -0.15) is 0 Å². The van der Waals surface area contributed by atoms with Gasteiger partial charge in [-0.05, 0) is 105 Å². The monoisotopic (exact) mass is 854 g/mol. The predicted octanol–water partition coefficient (Wildman–Crippen LogP) is 8.41. The second-order valence-electron chi connectivity index (χ2n) is 16.7. The Balaban J connectivity index is 0.00000344. The summed E-state index contributed by atoms with van der Waals surface area (Å²) in [4.78, 5) is 74.7. The number of allylic oxidation sites excluding steroid dienone is 5. The van der Waals surface area contributed by atoms with Gasteiger partial charge in [0.15, 0.2) is 0 Å². The highest BCUT2D eigenvalue weighted by Crippen LogP contribution is 2.36. The maximum Gasteiger partial charge on any atom is 0.315 e. The SMILES string of the molecule is C=CC1=C(/C=C\C)CC(C(NC(=O)NC(CN(C)Sc2ccccn2)C(C)(C)C)C(=O)N2CCCC2C(=O)NC(CC(C)CCC)C(=O)C(=O)NCCC)C1.CC.CCC. The highest BCUT2D eigenvalue weighted by atomic mass is 32.2. The summed E-state index contributed by atoms with van der Waals surface area (Å²) in [7, 11) is 1.95. The van der Waals surface area contributed by atoms with Crippen molar-refractivity contribution in [2.45, 2.75) is 163 Å². The van der Waals surface area contributed by atoms with E-state index in [1.165, 1.54) is 18.4 Å². The largest absolute Gasteiger partial charge is 0.349 e. The van der Waals surface area contributed by atoms with Gasteiger partial charge in [0.05, 0.1) is 6.04 Å². The number of carbonyl (C=O) groups excluding carboxylic acids is 5. The van der Waals surface area contributed by atoms with Crippen molar-refractivity contribution in [1.29, 1.82) is 0 Å². The molecular formula is C47H79N7O5S. The molecule has 0 spiro atoms. The number of ketones is 1. The number of likely N-dealkylation sites (tertiary alicyclic amines) is 1. The molecule has 1 aromatic heterocycles. The molecule has 12 nitrogen and oxygen atoms in total. The van der Waals surface area contributed by atoms with E-state index in [0.29, 0.717) is 58.2 Å². The summed E-state index contributed by atoms with van der Waals surface area (Å²) in [6.45, 7) is 27.5. The number of hydrogen-bond acceptors (Lipinski definition) is 8. The molecule has 6 unspecified atom stereocenters. The second kappa shape index (κ2) is 28.5. The summed E-state index contributed by atoms with van der Waals surface area (Å²) in [6, 6.07) is 2.17. The van der Waals surface area contributed by atoms with Gasteiger partial charge in [-0.15, -0.1) is 0 Å². The minimum atomic E-state index is -1.01. The van der Waals surface area contributed by atoms with Crippen LogP contribution in [0.2, 0.25) is 0 Å². The van der Waals surface area contributed by atoms with Crippen LogP contribution in [0.5, 0.6) is 0 Å². The van der Waals surface area contributed by atoms with Crippen molar-refractivity contribution in [2.75, 3.05) is 26.7 Å². The quantitative estimate of drug-likeness (QED) is 0.0754. The predicted molar refractivity (Wildman–Crippen MR) is 247 cm³/mol. The number of nitrogens with zero attached hydrogens (tertiary/aromatic N) is 3. The molecule has 0 bridgehead atoms. The van der Waals surface area contributed by atoms with Crippen molar-refractivity contribution in [2.24, 2.45) is 17.3 Å². The zero-order valence-corrected chi connectivity index (χ0v) is 39.8. The number of nitrogens with one attached hydrogen (secondary N) is 4. The molecule has 3 rings (SSSR count). The smallest absolute Gasteiger partial charge is 0.315 e. The number of carbonyl (C=O) groups is 5. The van der Waals surface area contributed by atoms with Crippen molar-refractivity contribution in [3.05, 3.63) is 60.3 Å².